The Kier molecular flexibility index (Phi) is 1.96. The van der Waals surface area contributed by atoms with Crippen LogP contribution in [-0.2, 0) is 0 Å². The van der Waals surface area contributed by atoms with E-state index >= 15 is 0 Å². The van der Waals surface area contributed by atoms with E-state index in [0.29, 0.717) is 5.92 Å². The first kappa shape index (κ1) is 8.58. The lowest BCUT2D eigenvalue weighted by atomic mass is 10.1. The highest BCUT2D eigenvalue weighted by molar-refractivity contribution is 5.35. The molecule has 0 unspecified atom stereocenters. The van der Waals surface area contributed by atoms with E-state index in [9.17, 15) is 0 Å². The minimum Gasteiger partial charge on any atom is -0.396 e. The number of aliphatic hydroxyl groups excluding tert-OH is 1. The molecule has 0 aromatic heterocycles. The summed E-state index contributed by atoms with van der Waals surface area (Å²) in [6.45, 7) is 8.65. The Labute approximate surface area is 68.4 Å². The first-order chi connectivity index (χ1) is 5.00. The van der Waals surface area contributed by atoms with Crippen LogP contribution in [0.15, 0.2) is 16.9 Å². The van der Waals surface area contributed by atoms with E-state index in [1.807, 2.05) is 13.8 Å². The van der Waals surface area contributed by atoms with E-state index in [4.69, 9.17) is 5.11 Å². The summed E-state index contributed by atoms with van der Waals surface area (Å²) in [6, 6.07) is 0. The molecule has 1 aliphatic carbocycles. The van der Waals surface area contributed by atoms with E-state index in [1.54, 1.807) is 0 Å². The van der Waals surface area contributed by atoms with Crippen molar-refractivity contribution < 1.29 is 5.11 Å². The van der Waals surface area contributed by atoms with E-state index in [1.165, 1.54) is 11.1 Å². The highest BCUT2D eigenvalue weighted by atomic mass is 16.3. The van der Waals surface area contributed by atoms with Gasteiger partial charge in [-0.05, 0) is 25.0 Å². The van der Waals surface area contributed by atoms with Gasteiger partial charge in [-0.3, -0.25) is 0 Å². The van der Waals surface area contributed by atoms with Crippen LogP contribution in [0.3, 0.4) is 0 Å². The topological polar surface area (TPSA) is 20.2 Å². The highest BCUT2D eigenvalue weighted by Crippen LogP contribution is 2.56. The lowest BCUT2D eigenvalue weighted by Gasteiger charge is -1.93. The third kappa shape index (κ3) is 1.40. The maximum atomic E-state index is 8.95. The molecule has 1 nitrogen and oxygen atoms in total. The van der Waals surface area contributed by atoms with Gasteiger partial charge in [0.2, 0.25) is 0 Å². The van der Waals surface area contributed by atoms with Crippen molar-refractivity contribution in [2.45, 2.75) is 27.7 Å². The Hall–Kier alpha value is -0.520. The van der Waals surface area contributed by atoms with Crippen LogP contribution in [0.2, 0.25) is 0 Å². The summed E-state index contributed by atoms with van der Waals surface area (Å²) in [5, 5.41) is 8.95. The Morgan fingerprint density at radius 3 is 2.36 bits per heavy atom. The third-order valence-corrected chi connectivity index (χ3v) is 2.40. The van der Waals surface area contributed by atoms with Gasteiger partial charge in [-0.25, -0.2) is 0 Å². The molecule has 1 aliphatic rings. The van der Waals surface area contributed by atoms with Gasteiger partial charge in [-0.15, -0.1) is 5.73 Å². The van der Waals surface area contributed by atoms with Crippen molar-refractivity contribution >= 4 is 0 Å². The zero-order chi connectivity index (χ0) is 8.65. The SMILES string of the molecule is CC(C)=C=C1[C@@H](CO)C1(C)C. The van der Waals surface area contributed by atoms with Gasteiger partial charge in [-0.1, -0.05) is 13.8 Å². The van der Waals surface area contributed by atoms with Crippen molar-refractivity contribution in [3.8, 4) is 0 Å². The highest BCUT2D eigenvalue weighted by Gasteiger charge is 2.51. The molecule has 1 N–H and O–H groups in total. The predicted octanol–water partition coefficient (Wildman–Crippen LogP) is 2.13. The summed E-state index contributed by atoms with van der Waals surface area (Å²) in [6.07, 6.45) is 0. The van der Waals surface area contributed by atoms with Gasteiger partial charge in [0.15, 0.2) is 0 Å². The normalized spacial score (nSPS) is 26.3. The monoisotopic (exact) mass is 152 g/mol. The number of hydrogen-bond donors (Lipinski definition) is 1. The summed E-state index contributed by atoms with van der Waals surface area (Å²) in [7, 11) is 0. The molecule has 0 amide bonds. The van der Waals surface area contributed by atoms with Crippen LogP contribution in [0.25, 0.3) is 0 Å². The molecular formula is C10H16O. The van der Waals surface area contributed by atoms with Gasteiger partial charge < -0.3 is 5.11 Å². The zero-order valence-electron chi connectivity index (χ0n) is 7.73. The van der Waals surface area contributed by atoms with Crippen LogP contribution in [-0.4, -0.2) is 11.7 Å². The van der Waals surface area contributed by atoms with Crippen LogP contribution in [0.5, 0.6) is 0 Å². The third-order valence-electron chi connectivity index (χ3n) is 2.40. The molecule has 62 valence electrons. The zero-order valence-corrected chi connectivity index (χ0v) is 7.73. The Morgan fingerprint density at radius 1 is 1.55 bits per heavy atom. The summed E-state index contributed by atoms with van der Waals surface area (Å²) in [5.41, 5.74) is 5.96. The molecule has 1 heteroatoms. The van der Waals surface area contributed by atoms with Crippen molar-refractivity contribution in [1.29, 1.82) is 0 Å². The van der Waals surface area contributed by atoms with Crippen molar-refractivity contribution in [3.63, 3.8) is 0 Å². The largest absolute Gasteiger partial charge is 0.396 e. The van der Waals surface area contributed by atoms with Crippen molar-refractivity contribution in [2.24, 2.45) is 11.3 Å². The van der Waals surface area contributed by atoms with E-state index < -0.39 is 0 Å². The molecule has 1 fully saturated rings. The molecule has 0 bridgehead atoms. The van der Waals surface area contributed by atoms with E-state index in [-0.39, 0.29) is 12.0 Å². The second-order valence-electron chi connectivity index (χ2n) is 4.00. The Bertz CT molecular complexity index is 225. The van der Waals surface area contributed by atoms with E-state index in [0.717, 1.165) is 0 Å². The number of aliphatic hydroxyl groups is 1. The lowest BCUT2D eigenvalue weighted by molar-refractivity contribution is 0.259. The van der Waals surface area contributed by atoms with Gasteiger partial charge in [0.05, 0.1) is 6.61 Å². The quantitative estimate of drug-likeness (QED) is 0.571. The fourth-order valence-electron chi connectivity index (χ4n) is 1.48. The van der Waals surface area contributed by atoms with Crippen LogP contribution in [0.1, 0.15) is 27.7 Å². The molecule has 0 saturated heterocycles. The fourth-order valence-corrected chi connectivity index (χ4v) is 1.48. The van der Waals surface area contributed by atoms with Crippen LogP contribution in [0.4, 0.5) is 0 Å². The summed E-state index contributed by atoms with van der Waals surface area (Å²) in [5.74, 6) is 0.359. The van der Waals surface area contributed by atoms with Crippen molar-refractivity contribution in [3.05, 3.63) is 16.9 Å². The molecule has 0 radical (unpaired) electrons. The van der Waals surface area contributed by atoms with Crippen LogP contribution >= 0.6 is 0 Å². The molecule has 0 spiro atoms. The maximum Gasteiger partial charge on any atom is 0.0511 e. The molecule has 1 saturated carbocycles. The summed E-state index contributed by atoms with van der Waals surface area (Å²) < 4.78 is 0. The number of hydrogen-bond acceptors (Lipinski definition) is 1. The first-order valence-corrected chi connectivity index (χ1v) is 4.05. The van der Waals surface area contributed by atoms with Gasteiger partial charge in [0.1, 0.15) is 0 Å². The summed E-state index contributed by atoms with van der Waals surface area (Å²) in [4.78, 5) is 0. The maximum absolute atomic E-state index is 8.95. The molecule has 1 rings (SSSR count). The average molecular weight is 152 g/mol. The molecule has 1 atom stereocenters. The van der Waals surface area contributed by atoms with E-state index in [2.05, 4.69) is 19.6 Å². The van der Waals surface area contributed by atoms with Crippen LogP contribution < -0.4 is 0 Å². The fraction of sp³-hybridized carbons (Fsp3) is 0.700. The molecule has 0 heterocycles. The minimum absolute atomic E-state index is 0.200. The second-order valence-corrected chi connectivity index (χ2v) is 4.00. The Morgan fingerprint density at radius 2 is 2.09 bits per heavy atom. The molecular weight excluding hydrogens is 136 g/mol. The van der Waals surface area contributed by atoms with Crippen molar-refractivity contribution in [1.82, 2.24) is 0 Å². The first-order valence-electron chi connectivity index (χ1n) is 4.05. The number of rotatable bonds is 1. The Balaban J connectivity index is 2.91. The molecule has 0 aliphatic heterocycles. The van der Waals surface area contributed by atoms with Gasteiger partial charge in [-0.2, -0.15) is 0 Å². The van der Waals surface area contributed by atoms with Crippen LogP contribution in [0, 0.1) is 11.3 Å². The van der Waals surface area contributed by atoms with Gasteiger partial charge >= 0.3 is 0 Å². The molecule has 0 aromatic rings. The lowest BCUT2D eigenvalue weighted by Crippen LogP contribution is -1.93. The van der Waals surface area contributed by atoms with Crippen molar-refractivity contribution in [2.75, 3.05) is 6.61 Å². The second kappa shape index (κ2) is 2.51. The van der Waals surface area contributed by atoms with Gasteiger partial charge in [0.25, 0.3) is 0 Å². The summed E-state index contributed by atoms with van der Waals surface area (Å²) >= 11 is 0. The smallest absolute Gasteiger partial charge is 0.0511 e. The predicted molar refractivity (Wildman–Crippen MR) is 46.2 cm³/mol. The molecule has 0 aromatic carbocycles. The minimum atomic E-state index is 0.200. The average Bonchev–Trinajstić information content (AvgIpc) is 2.33. The molecule has 11 heavy (non-hydrogen) atoms. The standard InChI is InChI=1S/C10H16O/c1-7(2)5-8-9(6-11)10(8,3)4/h9,11H,6H2,1-4H3/t9-/m1/s1. The van der Waals surface area contributed by atoms with Gasteiger partial charge in [0, 0.05) is 11.3 Å².